The molecule has 0 aliphatic rings. The summed E-state index contributed by atoms with van der Waals surface area (Å²) >= 11 is 3.47. The second-order valence-electron chi connectivity index (χ2n) is 6.56. The monoisotopic (exact) mass is 430 g/mol. The number of hydrogen-bond donors (Lipinski definition) is 0. The molecule has 136 valence electrons. The highest BCUT2D eigenvalue weighted by Gasteiger charge is 2.17. The average Bonchev–Trinajstić information content (AvgIpc) is 3.17. The molecule has 0 fully saturated rings. The highest BCUT2D eigenvalue weighted by Crippen LogP contribution is 2.24. The van der Waals surface area contributed by atoms with Crippen LogP contribution in [0, 0.1) is 0 Å². The van der Waals surface area contributed by atoms with Crippen LogP contribution in [0.25, 0.3) is 28.1 Å². The number of rotatable bonds is 3. The Labute approximate surface area is 169 Å². The van der Waals surface area contributed by atoms with E-state index in [1.54, 1.807) is 4.57 Å². The van der Waals surface area contributed by atoms with Crippen molar-refractivity contribution < 1.29 is 0 Å². The van der Waals surface area contributed by atoms with Crippen LogP contribution in [0.15, 0.2) is 88.1 Å². The van der Waals surface area contributed by atoms with E-state index in [1.165, 1.54) is 0 Å². The van der Waals surface area contributed by atoms with Crippen molar-refractivity contribution >= 4 is 32.6 Å². The van der Waals surface area contributed by atoms with Crippen LogP contribution >= 0.6 is 15.9 Å². The highest BCUT2D eigenvalue weighted by molar-refractivity contribution is 9.10. The molecule has 0 bridgehead atoms. The van der Waals surface area contributed by atoms with Gasteiger partial charge in [-0.05, 0) is 29.8 Å². The molecular weight excluding hydrogens is 416 g/mol. The van der Waals surface area contributed by atoms with Gasteiger partial charge in [0.05, 0.1) is 17.4 Å². The number of nitrogens with zero attached hydrogens (tertiary/aromatic N) is 4. The summed E-state index contributed by atoms with van der Waals surface area (Å²) in [7, 11) is 0. The summed E-state index contributed by atoms with van der Waals surface area (Å²) < 4.78 is 4.64. The Hall–Kier alpha value is -3.25. The zero-order chi connectivity index (χ0) is 19.1. The van der Waals surface area contributed by atoms with Crippen LogP contribution in [0.3, 0.4) is 0 Å². The molecule has 0 saturated carbocycles. The van der Waals surface area contributed by atoms with E-state index in [4.69, 9.17) is 0 Å². The predicted molar refractivity (Wildman–Crippen MR) is 113 cm³/mol. The lowest BCUT2D eigenvalue weighted by Gasteiger charge is -2.11. The van der Waals surface area contributed by atoms with Gasteiger partial charge in [0, 0.05) is 10.0 Å². The van der Waals surface area contributed by atoms with Crippen LogP contribution in [-0.2, 0) is 6.54 Å². The number of fused-ring (bicyclic) bond motifs is 3. The molecule has 6 heteroatoms. The zero-order valence-electron chi connectivity index (χ0n) is 14.8. The van der Waals surface area contributed by atoms with E-state index < -0.39 is 0 Å². The van der Waals surface area contributed by atoms with E-state index in [2.05, 4.69) is 26.1 Å². The van der Waals surface area contributed by atoms with Gasteiger partial charge in [0.2, 0.25) is 5.78 Å². The van der Waals surface area contributed by atoms with Crippen LogP contribution in [0.4, 0.5) is 0 Å². The summed E-state index contributed by atoms with van der Waals surface area (Å²) in [6.07, 6.45) is 0. The minimum absolute atomic E-state index is 0.0679. The number of benzene rings is 3. The molecule has 5 rings (SSSR count). The SMILES string of the molecule is O=c1c2ccccc2n2c(-c3ccc(Br)cc3)nnc2n1Cc1ccccc1. The third-order valence-corrected chi connectivity index (χ3v) is 5.32. The maximum Gasteiger partial charge on any atom is 0.263 e. The van der Waals surface area contributed by atoms with Crippen molar-refractivity contribution in [2.45, 2.75) is 6.54 Å². The molecule has 0 saturated heterocycles. The van der Waals surface area contributed by atoms with Gasteiger partial charge in [-0.1, -0.05) is 70.5 Å². The molecule has 0 aliphatic carbocycles. The van der Waals surface area contributed by atoms with Gasteiger partial charge in [0.15, 0.2) is 5.82 Å². The van der Waals surface area contributed by atoms with E-state index in [1.807, 2.05) is 83.3 Å². The first-order chi connectivity index (χ1) is 13.7. The highest BCUT2D eigenvalue weighted by atomic mass is 79.9. The molecule has 28 heavy (non-hydrogen) atoms. The van der Waals surface area contributed by atoms with Gasteiger partial charge in [-0.15, -0.1) is 10.2 Å². The van der Waals surface area contributed by atoms with Crippen LogP contribution in [0.1, 0.15) is 5.56 Å². The van der Waals surface area contributed by atoms with Crippen LogP contribution in [0.2, 0.25) is 0 Å². The van der Waals surface area contributed by atoms with Crippen molar-refractivity contribution in [3.05, 3.63) is 99.3 Å². The lowest BCUT2D eigenvalue weighted by molar-refractivity contribution is 0.767. The smallest absolute Gasteiger partial charge is 0.263 e. The molecule has 5 aromatic rings. The number of hydrogen-bond acceptors (Lipinski definition) is 3. The molecule has 3 aromatic carbocycles. The molecular formula is C22H15BrN4O. The fourth-order valence-electron chi connectivity index (χ4n) is 3.45. The summed E-state index contributed by atoms with van der Waals surface area (Å²) in [6, 6.07) is 25.4. The van der Waals surface area contributed by atoms with Gasteiger partial charge in [0.1, 0.15) is 0 Å². The van der Waals surface area contributed by atoms with Crippen molar-refractivity contribution in [2.24, 2.45) is 0 Å². The molecule has 5 nitrogen and oxygen atoms in total. The van der Waals surface area contributed by atoms with Crippen molar-refractivity contribution in [3.8, 4) is 11.4 Å². The molecule has 0 radical (unpaired) electrons. The van der Waals surface area contributed by atoms with E-state index in [-0.39, 0.29) is 5.56 Å². The van der Waals surface area contributed by atoms with Gasteiger partial charge in [-0.25, -0.2) is 0 Å². The second-order valence-corrected chi connectivity index (χ2v) is 7.48. The quantitative estimate of drug-likeness (QED) is 0.422. The van der Waals surface area contributed by atoms with Crippen molar-refractivity contribution in [2.75, 3.05) is 0 Å². The molecule has 0 unspecified atom stereocenters. The summed E-state index contributed by atoms with van der Waals surface area (Å²) in [5.74, 6) is 1.24. The Bertz CT molecular complexity index is 1350. The van der Waals surface area contributed by atoms with Crippen molar-refractivity contribution in [1.82, 2.24) is 19.2 Å². The summed E-state index contributed by atoms with van der Waals surface area (Å²) in [5.41, 5.74) is 2.71. The minimum Gasteiger partial charge on any atom is -0.272 e. The first-order valence-electron chi connectivity index (χ1n) is 8.89. The first-order valence-corrected chi connectivity index (χ1v) is 9.68. The minimum atomic E-state index is -0.0679. The van der Waals surface area contributed by atoms with Crippen LogP contribution in [-0.4, -0.2) is 19.2 Å². The Kier molecular flexibility index (Phi) is 4.06. The topological polar surface area (TPSA) is 52.2 Å². The number of aromatic nitrogens is 4. The van der Waals surface area contributed by atoms with Gasteiger partial charge in [-0.2, -0.15) is 0 Å². The van der Waals surface area contributed by atoms with Gasteiger partial charge >= 0.3 is 0 Å². The largest absolute Gasteiger partial charge is 0.272 e. The molecule has 0 N–H and O–H groups in total. The number of halogens is 1. The third kappa shape index (κ3) is 2.73. The Balaban J connectivity index is 1.84. The van der Waals surface area contributed by atoms with E-state index in [0.29, 0.717) is 23.5 Å². The Morgan fingerprint density at radius 1 is 0.821 bits per heavy atom. The van der Waals surface area contributed by atoms with Gasteiger partial charge in [-0.3, -0.25) is 13.8 Å². The predicted octanol–water partition coefficient (Wildman–Crippen LogP) is 4.52. The summed E-state index contributed by atoms with van der Waals surface area (Å²) in [5, 5.41) is 9.46. The molecule has 0 amide bonds. The zero-order valence-corrected chi connectivity index (χ0v) is 16.4. The lowest BCUT2D eigenvalue weighted by Crippen LogP contribution is -2.24. The maximum atomic E-state index is 13.2. The molecule has 0 atom stereocenters. The fraction of sp³-hybridized carbons (Fsp3) is 0.0455. The molecule has 0 spiro atoms. The molecule has 2 aromatic heterocycles. The maximum absolute atomic E-state index is 13.2. The van der Waals surface area contributed by atoms with E-state index >= 15 is 0 Å². The average molecular weight is 431 g/mol. The van der Waals surface area contributed by atoms with Crippen molar-refractivity contribution in [3.63, 3.8) is 0 Å². The Morgan fingerprint density at radius 3 is 2.32 bits per heavy atom. The summed E-state index contributed by atoms with van der Waals surface area (Å²) in [6.45, 7) is 0.437. The molecule has 2 heterocycles. The third-order valence-electron chi connectivity index (χ3n) is 4.79. The lowest BCUT2D eigenvalue weighted by atomic mass is 10.2. The van der Waals surface area contributed by atoms with Gasteiger partial charge in [0.25, 0.3) is 5.56 Å². The second kappa shape index (κ2) is 6.73. The van der Waals surface area contributed by atoms with Crippen LogP contribution in [0.5, 0.6) is 0 Å². The van der Waals surface area contributed by atoms with E-state index in [0.717, 1.165) is 21.1 Å². The molecule has 0 aliphatic heterocycles. The van der Waals surface area contributed by atoms with E-state index in [9.17, 15) is 4.79 Å². The fourth-order valence-corrected chi connectivity index (χ4v) is 3.72. The standard InChI is InChI=1S/C22H15BrN4O/c23-17-12-10-16(11-13-17)20-24-25-22-26(14-15-6-2-1-3-7-15)21(28)18-8-4-5-9-19(18)27(20)22/h1-13H,14H2. The van der Waals surface area contributed by atoms with Gasteiger partial charge < -0.3 is 0 Å². The Morgan fingerprint density at radius 2 is 1.54 bits per heavy atom. The van der Waals surface area contributed by atoms with Crippen molar-refractivity contribution in [1.29, 1.82) is 0 Å². The first kappa shape index (κ1) is 16.9. The van der Waals surface area contributed by atoms with Crippen LogP contribution < -0.4 is 5.56 Å². The number of para-hydroxylation sites is 1. The summed E-state index contributed by atoms with van der Waals surface area (Å²) in [4.78, 5) is 13.2. The normalized spacial score (nSPS) is 11.3.